The number of rotatable bonds is 6. The maximum atomic E-state index is 5.93. The summed E-state index contributed by atoms with van der Waals surface area (Å²) in [5.41, 5.74) is 8.67. The van der Waals surface area contributed by atoms with E-state index in [1.165, 1.54) is 41.7 Å². The van der Waals surface area contributed by atoms with Gasteiger partial charge in [0, 0.05) is 23.1 Å². The molecule has 148 valence electrons. The summed E-state index contributed by atoms with van der Waals surface area (Å²) in [7, 11) is 1.72. The fourth-order valence-electron chi connectivity index (χ4n) is 4.57. The van der Waals surface area contributed by atoms with Crippen LogP contribution in [-0.4, -0.2) is 23.5 Å². The molecule has 4 rings (SSSR count). The van der Waals surface area contributed by atoms with Crippen molar-refractivity contribution in [1.82, 2.24) is 0 Å². The van der Waals surface area contributed by atoms with Gasteiger partial charge in [0.2, 0.25) is 0 Å². The van der Waals surface area contributed by atoms with Gasteiger partial charge in [-0.1, -0.05) is 61.4 Å². The van der Waals surface area contributed by atoms with Gasteiger partial charge >= 0.3 is 0 Å². The van der Waals surface area contributed by atoms with Crippen LogP contribution in [0, 0.1) is 5.92 Å². The number of fused-ring (bicyclic) bond motifs is 1. The lowest BCUT2D eigenvalue weighted by Gasteiger charge is -2.49. The maximum Gasteiger partial charge on any atom is 0.118 e. The molecule has 2 aliphatic rings. The molecule has 2 aromatic rings. The van der Waals surface area contributed by atoms with E-state index in [1.54, 1.807) is 7.11 Å². The summed E-state index contributed by atoms with van der Waals surface area (Å²) in [6, 6.07) is 19.6. The van der Waals surface area contributed by atoms with Crippen LogP contribution >= 0.6 is 23.5 Å². The van der Waals surface area contributed by atoms with Crippen molar-refractivity contribution in [3.8, 4) is 5.75 Å². The largest absolute Gasteiger partial charge is 0.497 e. The topological polar surface area (TPSA) is 35.2 Å². The molecule has 0 saturated heterocycles. The lowest BCUT2D eigenvalue weighted by atomic mass is 9.75. The molecular formula is C24H29NOS2. The van der Waals surface area contributed by atoms with Crippen molar-refractivity contribution in [2.45, 2.75) is 35.7 Å². The van der Waals surface area contributed by atoms with E-state index < -0.39 is 0 Å². The van der Waals surface area contributed by atoms with Gasteiger partial charge in [0.15, 0.2) is 0 Å². The Morgan fingerprint density at radius 1 is 1.11 bits per heavy atom. The number of hydrogen-bond donors (Lipinski definition) is 1. The minimum Gasteiger partial charge on any atom is -0.497 e. The molecule has 1 aliphatic carbocycles. The molecule has 4 heteroatoms. The van der Waals surface area contributed by atoms with Gasteiger partial charge in [-0.3, -0.25) is 0 Å². The maximum absolute atomic E-state index is 5.93. The average Bonchev–Trinajstić information content (AvgIpc) is 2.77. The summed E-state index contributed by atoms with van der Waals surface area (Å²) in [4.78, 5) is 1.40. The Morgan fingerprint density at radius 2 is 1.89 bits per heavy atom. The second-order valence-corrected chi connectivity index (χ2v) is 10.7. The van der Waals surface area contributed by atoms with E-state index in [2.05, 4.69) is 84.2 Å². The number of allylic oxidation sites excluding steroid dienone is 1. The third-order valence-corrected chi connectivity index (χ3v) is 9.41. The minimum absolute atomic E-state index is 0.224. The molecule has 3 atom stereocenters. The van der Waals surface area contributed by atoms with E-state index in [1.807, 2.05) is 0 Å². The highest BCUT2D eigenvalue weighted by atomic mass is 32.2. The van der Waals surface area contributed by atoms with Crippen molar-refractivity contribution in [2.24, 2.45) is 11.7 Å². The lowest BCUT2D eigenvalue weighted by molar-refractivity contribution is 0.320. The smallest absolute Gasteiger partial charge is 0.118 e. The third kappa shape index (κ3) is 4.00. The zero-order chi connectivity index (χ0) is 19.4. The molecule has 1 aliphatic heterocycles. The summed E-state index contributed by atoms with van der Waals surface area (Å²) in [5.74, 6) is 3.06. The molecule has 0 unspecified atom stereocenters. The Kier molecular flexibility index (Phi) is 6.39. The van der Waals surface area contributed by atoms with Crippen LogP contribution < -0.4 is 10.5 Å². The molecule has 0 spiro atoms. The number of hydrogen-bond acceptors (Lipinski definition) is 4. The second kappa shape index (κ2) is 8.98. The van der Waals surface area contributed by atoms with Crippen molar-refractivity contribution >= 4 is 28.4 Å². The van der Waals surface area contributed by atoms with Gasteiger partial charge in [0.05, 0.1) is 11.2 Å². The molecule has 2 aromatic carbocycles. The van der Waals surface area contributed by atoms with Gasteiger partial charge in [-0.2, -0.15) is 0 Å². The standard InChI is InChI=1S/C24H29NOS2/c1-26-20-12-10-19(11-13-20)23-17-21(18-7-3-2-4-8-18)22-9-5-6-14-24(22,28-23)27-16-15-25/h2-4,7-8,10-13,17,21-22H,5-6,9,14-16,25H2,1H3/t21-,22+,24-/m1/s1. The van der Waals surface area contributed by atoms with Crippen molar-refractivity contribution in [1.29, 1.82) is 0 Å². The average molecular weight is 412 g/mol. The molecular weight excluding hydrogens is 382 g/mol. The van der Waals surface area contributed by atoms with Crippen LogP contribution in [0.4, 0.5) is 0 Å². The van der Waals surface area contributed by atoms with E-state index in [-0.39, 0.29) is 4.08 Å². The van der Waals surface area contributed by atoms with Gasteiger partial charge in [-0.25, -0.2) is 0 Å². The second-order valence-electron chi connectivity index (χ2n) is 7.60. The highest BCUT2D eigenvalue weighted by Gasteiger charge is 2.48. The Labute approximate surface area is 177 Å². The third-order valence-electron chi connectivity index (χ3n) is 5.93. The van der Waals surface area contributed by atoms with Gasteiger partial charge in [0.1, 0.15) is 5.75 Å². The van der Waals surface area contributed by atoms with E-state index in [4.69, 9.17) is 10.5 Å². The van der Waals surface area contributed by atoms with Crippen molar-refractivity contribution in [2.75, 3.05) is 19.4 Å². The molecule has 2 nitrogen and oxygen atoms in total. The molecule has 1 heterocycles. The fourth-order valence-corrected chi connectivity index (χ4v) is 8.06. The lowest BCUT2D eigenvalue weighted by Crippen LogP contribution is -2.40. The predicted octanol–water partition coefficient (Wildman–Crippen LogP) is 6.15. The van der Waals surface area contributed by atoms with E-state index in [0.29, 0.717) is 11.8 Å². The first-order valence-corrected chi connectivity index (χ1v) is 12.0. The highest BCUT2D eigenvalue weighted by molar-refractivity contribution is 8.22. The summed E-state index contributed by atoms with van der Waals surface area (Å²) < 4.78 is 5.59. The Morgan fingerprint density at radius 3 is 2.61 bits per heavy atom. The normalized spacial score (nSPS) is 27.0. The Hall–Kier alpha value is -1.36. The number of thioether (sulfide) groups is 2. The highest BCUT2D eigenvalue weighted by Crippen LogP contribution is 2.63. The van der Waals surface area contributed by atoms with Gasteiger partial charge in [-0.15, -0.1) is 23.5 Å². The van der Waals surface area contributed by atoms with Crippen LogP contribution in [0.15, 0.2) is 60.7 Å². The Balaban J connectivity index is 1.77. The number of nitrogens with two attached hydrogens (primary N) is 1. The summed E-state index contributed by atoms with van der Waals surface area (Å²) in [6.07, 6.45) is 7.75. The molecule has 1 fully saturated rings. The quantitative estimate of drug-likeness (QED) is 0.619. The van der Waals surface area contributed by atoms with E-state index in [9.17, 15) is 0 Å². The van der Waals surface area contributed by atoms with Crippen LogP contribution in [0.2, 0.25) is 0 Å². The van der Waals surface area contributed by atoms with Crippen molar-refractivity contribution in [3.63, 3.8) is 0 Å². The van der Waals surface area contributed by atoms with Gasteiger partial charge in [0.25, 0.3) is 0 Å². The summed E-state index contributed by atoms with van der Waals surface area (Å²) >= 11 is 4.20. The Bertz CT molecular complexity index is 805. The van der Waals surface area contributed by atoms with Crippen LogP contribution in [0.25, 0.3) is 4.91 Å². The molecule has 0 radical (unpaired) electrons. The molecule has 0 aromatic heterocycles. The van der Waals surface area contributed by atoms with Crippen LogP contribution in [0.3, 0.4) is 0 Å². The number of benzene rings is 2. The number of ether oxygens (including phenoxy) is 1. The first kappa shape index (κ1) is 19.9. The zero-order valence-electron chi connectivity index (χ0n) is 16.5. The summed E-state index contributed by atoms with van der Waals surface area (Å²) in [5, 5.41) is 0. The SMILES string of the molecule is COc1ccc(C2=C[C@H](c3ccccc3)[C@@H]3CCCC[C@@]3(SCCN)S2)cc1. The van der Waals surface area contributed by atoms with Crippen molar-refractivity contribution in [3.05, 3.63) is 71.8 Å². The molecule has 1 saturated carbocycles. The fraction of sp³-hybridized carbons (Fsp3) is 0.417. The first-order valence-electron chi connectivity index (χ1n) is 10.2. The monoisotopic (exact) mass is 411 g/mol. The minimum atomic E-state index is 0.224. The van der Waals surface area contributed by atoms with Gasteiger partial charge < -0.3 is 10.5 Å². The van der Waals surface area contributed by atoms with Gasteiger partial charge in [-0.05, 0) is 42.0 Å². The molecule has 2 N–H and O–H groups in total. The first-order chi connectivity index (χ1) is 13.8. The predicted molar refractivity (Wildman–Crippen MR) is 124 cm³/mol. The van der Waals surface area contributed by atoms with E-state index in [0.717, 1.165) is 18.0 Å². The van der Waals surface area contributed by atoms with E-state index >= 15 is 0 Å². The molecule has 28 heavy (non-hydrogen) atoms. The van der Waals surface area contributed by atoms with Crippen LogP contribution in [0.1, 0.15) is 42.7 Å². The van der Waals surface area contributed by atoms with Crippen LogP contribution in [-0.2, 0) is 0 Å². The molecule has 0 bridgehead atoms. The zero-order valence-corrected chi connectivity index (χ0v) is 18.1. The number of methoxy groups -OCH3 is 1. The molecule has 0 amide bonds. The summed E-state index contributed by atoms with van der Waals surface area (Å²) in [6.45, 7) is 0.747. The van der Waals surface area contributed by atoms with Crippen LogP contribution in [0.5, 0.6) is 5.75 Å². The van der Waals surface area contributed by atoms with Crippen molar-refractivity contribution < 1.29 is 4.74 Å².